The average Bonchev–Trinajstić information content (AvgIpc) is 2.46. The van der Waals surface area contributed by atoms with Crippen molar-refractivity contribution in [2.45, 2.75) is 0 Å². The Hall–Kier alpha value is -3.56. The molecule has 1 N–H and O–H groups in total. The lowest BCUT2D eigenvalue weighted by Gasteiger charge is -2.06. The summed E-state index contributed by atoms with van der Waals surface area (Å²) in [5, 5.41) is 42.8. The van der Waals surface area contributed by atoms with Gasteiger partial charge in [0, 0.05) is 5.56 Å². The van der Waals surface area contributed by atoms with E-state index in [1.54, 1.807) is 0 Å². The summed E-state index contributed by atoms with van der Waals surface area (Å²) in [6, 6.07) is 6.54. The third-order valence-electron chi connectivity index (χ3n) is 2.86. The third-order valence-corrected chi connectivity index (χ3v) is 2.86. The maximum atomic E-state index is 11.1. The Balaban J connectivity index is 2.92. The van der Waals surface area contributed by atoms with E-state index in [4.69, 9.17) is 0 Å². The molecule has 0 aliphatic heterocycles. The SMILES string of the molecule is O=[N+]([O-])c1cc([N+](=O)[O-])c(-c2ccccc2O)c([N+](=O)[O-])c1. The number of rotatable bonds is 4. The van der Waals surface area contributed by atoms with E-state index in [-0.39, 0.29) is 5.56 Å². The summed E-state index contributed by atoms with van der Waals surface area (Å²) in [5.41, 5.74) is -3.09. The molecule has 2 aromatic carbocycles. The van der Waals surface area contributed by atoms with Crippen LogP contribution in [0, 0.1) is 30.3 Å². The number of aromatic hydroxyl groups is 1. The molecular weight excluding hydrogens is 298 g/mol. The highest BCUT2D eigenvalue weighted by molar-refractivity contribution is 5.87. The van der Waals surface area contributed by atoms with Gasteiger partial charge < -0.3 is 5.11 Å². The van der Waals surface area contributed by atoms with Gasteiger partial charge in [0.05, 0.1) is 26.9 Å². The summed E-state index contributed by atoms with van der Waals surface area (Å²) in [6.07, 6.45) is 0. The fourth-order valence-electron chi connectivity index (χ4n) is 1.95. The van der Waals surface area contributed by atoms with Crippen LogP contribution in [0.3, 0.4) is 0 Å². The zero-order valence-electron chi connectivity index (χ0n) is 10.7. The summed E-state index contributed by atoms with van der Waals surface area (Å²) >= 11 is 0. The number of hydrogen-bond acceptors (Lipinski definition) is 7. The Kier molecular flexibility index (Phi) is 3.67. The van der Waals surface area contributed by atoms with Crippen molar-refractivity contribution in [2.24, 2.45) is 0 Å². The van der Waals surface area contributed by atoms with Crippen LogP contribution < -0.4 is 0 Å². The van der Waals surface area contributed by atoms with Gasteiger partial charge in [-0.05, 0) is 6.07 Å². The van der Waals surface area contributed by atoms with Crippen molar-refractivity contribution in [1.29, 1.82) is 0 Å². The largest absolute Gasteiger partial charge is 0.507 e. The van der Waals surface area contributed by atoms with Crippen LogP contribution in [0.5, 0.6) is 5.75 Å². The van der Waals surface area contributed by atoms with Crippen molar-refractivity contribution in [3.05, 3.63) is 66.7 Å². The highest BCUT2D eigenvalue weighted by Gasteiger charge is 2.32. The van der Waals surface area contributed by atoms with Gasteiger partial charge >= 0.3 is 0 Å². The molecular formula is C12H7N3O7. The first kappa shape index (κ1) is 14.8. The number of nitro benzene ring substituents is 3. The first-order valence-electron chi connectivity index (χ1n) is 5.72. The Morgan fingerprint density at radius 3 is 1.73 bits per heavy atom. The molecule has 2 aromatic rings. The van der Waals surface area contributed by atoms with Gasteiger partial charge in [-0.25, -0.2) is 0 Å². The standard InChI is InChI=1S/C12H7N3O7/c16-11-4-2-1-3-8(11)12-9(14(19)20)5-7(13(17)18)6-10(12)15(21)22/h1-6,16H. The molecule has 0 aliphatic carbocycles. The first-order chi connectivity index (χ1) is 10.3. The monoisotopic (exact) mass is 305 g/mol. The van der Waals surface area contributed by atoms with Crippen LogP contribution in [0.25, 0.3) is 11.1 Å². The van der Waals surface area contributed by atoms with Crippen molar-refractivity contribution in [3.8, 4) is 16.9 Å². The summed E-state index contributed by atoms with van der Waals surface area (Å²) in [4.78, 5) is 30.1. The zero-order valence-corrected chi connectivity index (χ0v) is 10.7. The van der Waals surface area contributed by atoms with E-state index >= 15 is 0 Å². The predicted molar refractivity (Wildman–Crippen MR) is 73.5 cm³/mol. The average molecular weight is 305 g/mol. The lowest BCUT2D eigenvalue weighted by atomic mass is 10.00. The predicted octanol–water partition coefficient (Wildman–Crippen LogP) is 2.78. The van der Waals surface area contributed by atoms with Crippen LogP contribution >= 0.6 is 0 Å². The second-order valence-electron chi connectivity index (χ2n) is 4.15. The summed E-state index contributed by atoms with van der Waals surface area (Å²) < 4.78 is 0. The fraction of sp³-hybridized carbons (Fsp3) is 0. The number of para-hydroxylation sites is 1. The molecule has 0 saturated heterocycles. The molecule has 0 amide bonds. The van der Waals surface area contributed by atoms with Gasteiger partial charge in [-0.15, -0.1) is 0 Å². The lowest BCUT2D eigenvalue weighted by Crippen LogP contribution is -2.00. The normalized spacial score (nSPS) is 10.2. The quantitative estimate of drug-likeness (QED) is 0.673. The molecule has 0 radical (unpaired) electrons. The van der Waals surface area contributed by atoms with Gasteiger partial charge in [-0.3, -0.25) is 30.3 Å². The molecule has 10 heteroatoms. The lowest BCUT2D eigenvalue weighted by molar-refractivity contribution is -0.402. The van der Waals surface area contributed by atoms with Gasteiger partial charge in [0.25, 0.3) is 17.1 Å². The van der Waals surface area contributed by atoms with E-state index in [9.17, 15) is 35.4 Å². The van der Waals surface area contributed by atoms with Crippen LogP contribution in [-0.4, -0.2) is 19.9 Å². The van der Waals surface area contributed by atoms with E-state index in [1.165, 1.54) is 24.3 Å². The van der Waals surface area contributed by atoms with Crippen LogP contribution in [0.2, 0.25) is 0 Å². The maximum absolute atomic E-state index is 11.1. The fourth-order valence-corrected chi connectivity index (χ4v) is 1.95. The van der Waals surface area contributed by atoms with Crippen LogP contribution in [-0.2, 0) is 0 Å². The molecule has 0 fully saturated rings. The molecule has 0 aromatic heterocycles. The van der Waals surface area contributed by atoms with Crippen molar-refractivity contribution in [2.75, 3.05) is 0 Å². The molecule has 0 unspecified atom stereocenters. The van der Waals surface area contributed by atoms with E-state index in [1.807, 2.05) is 0 Å². The van der Waals surface area contributed by atoms with E-state index in [0.29, 0.717) is 12.1 Å². The second kappa shape index (κ2) is 5.44. The van der Waals surface area contributed by atoms with Crippen molar-refractivity contribution in [3.63, 3.8) is 0 Å². The Labute approximate surface area is 121 Å². The third kappa shape index (κ3) is 2.52. The van der Waals surface area contributed by atoms with Crippen LogP contribution in [0.4, 0.5) is 17.1 Å². The van der Waals surface area contributed by atoms with Gasteiger partial charge in [0.1, 0.15) is 11.3 Å². The van der Waals surface area contributed by atoms with Gasteiger partial charge in [-0.2, -0.15) is 0 Å². The minimum absolute atomic E-state index is 0.157. The van der Waals surface area contributed by atoms with E-state index < -0.39 is 43.1 Å². The van der Waals surface area contributed by atoms with Gasteiger partial charge in [-0.1, -0.05) is 18.2 Å². The highest BCUT2D eigenvalue weighted by Crippen LogP contribution is 2.44. The summed E-state index contributed by atoms with van der Waals surface area (Å²) in [6.45, 7) is 0. The minimum atomic E-state index is -0.970. The number of benzene rings is 2. The Morgan fingerprint density at radius 2 is 1.32 bits per heavy atom. The van der Waals surface area contributed by atoms with Gasteiger partial charge in [0.2, 0.25) is 0 Å². The van der Waals surface area contributed by atoms with Crippen molar-refractivity contribution < 1.29 is 19.9 Å². The molecule has 0 bridgehead atoms. The second-order valence-corrected chi connectivity index (χ2v) is 4.15. The molecule has 2 rings (SSSR count). The van der Waals surface area contributed by atoms with E-state index in [0.717, 1.165) is 0 Å². The topological polar surface area (TPSA) is 150 Å². The summed E-state index contributed by atoms with van der Waals surface area (Å²) in [7, 11) is 0. The number of nitro groups is 3. The minimum Gasteiger partial charge on any atom is -0.507 e. The first-order valence-corrected chi connectivity index (χ1v) is 5.72. The number of nitrogens with zero attached hydrogens (tertiary/aromatic N) is 3. The van der Waals surface area contributed by atoms with Gasteiger partial charge in [0.15, 0.2) is 0 Å². The Morgan fingerprint density at radius 1 is 0.818 bits per heavy atom. The summed E-state index contributed by atoms with van der Waals surface area (Å²) in [5.74, 6) is -0.414. The molecule has 0 heterocycles. The molecule has 0 spiro atoms. The van der Waals surface area contributed by atoms with Crippen LogP contribution in [0.1, 0.15) is 0 Å². The van der Waals surface area contributed by atoms with Crippen molar-refractivity contribution in [1.82, 2.24) is 0 Å². The molecule has 0 atom stereocenters. The molecule has 0 aliphatic rings. The smallest absolute Gasteiger partial charge is 0.291 e. The number of non-ortho nitro benzene ring substituents is 1. The maximum Gasteiger partial charge on any atom is 0.291 e. The molecule has 10 nitrogen and oxygen atoms in total. The number of hydrogen-bond donors (Lipinski definition) is 1. The Bertz CT molecular complexity index is 768. The number of phenolic OH excluding ortho intramolecular Hbond substituents is 1. The van der Waals surface area contributed by atoms with Crippen LogP contribution in [0.15, 0.2) is 36.4 Å². The highest BCUT2D eigenvalue weighted by atomic mass is 16.6. The molecule has 22 heavy (non-hydrogen) atoms. The molecule has 112 valence electrons. The number of phenols is 1. The van der Waals surface area contributed by atoms with E-state index in [2.05, 4.69) is 0 Å². The molecule has 0 saturated carbocycles. The van der Waals surface area contributed by atoms with Crippen molar-refractivity contribution >= 4 is 17.1 Å². The zero-order chi connectivity index (χ0) is 16.4.